The van der Waals surface area contributed by atoms with Gasteiger partial charge in [-0.3, -0.25) is 4.90 Å². The highest BCUT2D eigenvalue weighted by molar-refractivity contribution is 8.14. The van der Waals surface area contributed by atoms with E-state index in [1.165, 1.54) is 12.1 Å². The zero-order valence-electron chi connectivity index (χ0n) is 16.4. The van der Waals surface area contributed by atoms with Gasteiger partial charge in [0.2, 0.25) is 0 Å². The molecule has 13 heteroatoms. The summed E-state index contributed by atoms with van der Waals surface area (Å²) in [6.45, 7) is 1.35. The number of hydrogen-bond donors (Lipinski definition) is 0. The second-order valence-corrected chi connectivity index (χ2v) is 11.6. The minimum absolute atomic E-state index is 0.0155. The monoisotopic (exact) mass is 508 g/mol. The van der Waals surface area contributed by atoms with Gasteiger partial charge in [-0.1, -0.05) is 0 Å². The van der Waals surface area contributed by atoms with Crippen LogP contribution in [0.2, 0.25) is 0 Å². The number of rotatable bonds is 3. The standard InChI is InChI=1S/C19H16ClF3N2O5S2/c1-24-8-9-30-17-7-6-16-14(15(17)11-24)10-18(31(20,26)27)25(16)32(28,29)13-4-2-12(3-5-13)19(21,22)23/h2-7,10H,8-9,11H2,1H3. The van der Waals surface area contributed by atoms with Gasteiger partial charge in [0, 0.05) is 34.7 Å². The molecule has 0 aliphatic carbocycles. The van der Waals surface area contributed by atoms with E-state index in [4.69, 9.17) is 15.4 Å². The largest absolute Gasteiger partial charge is 0.492 e. The first kappa shape index (κ1) is 22.9. The van der Waals surface area contributed by atoms with Crippen molar-refractivity contribution in [1.29, 1.82) is 0 Å². The molecular formula is C19H16ClF3N2O5S2. The van der Waals surface area contributed by atoms with E-state index < -0.39 is 40.7 Å². The second-order valence-electron chi connectivity index (χ2n) is 7.27. The van der Waals surface area contributed by atoms with Crippen molar-refractivity contribution >= 4 is 40.7 Å². The Morgan fingerprint density at radius 2 is 1.69 bits per heavy atom. The van der Waals surface area contributed by atoms with E-state index in [1.807, 2.05) is 11.9 Å². The molecule has 1 aliphatic rings. The SMILES string of the molecule is CN1CCOc2ccc3c(cc(S(=O)(=O)Cl)n3S(=O)(=O)c3ccc(C(F)(F)F)cc3)c2C1. The van der Waals surface area contributed by atoms with E-state index in [0.29, 0.717) is 52.5 Å². The lowest BCUT2D eigenvalue weighted by Crippen LogP contribution is -2.20. The van der Waals surface area contributed by atoms with E-state index >= 15 is 0 Å². The fourth-order valence-electron chi connectivity index (χ4n) is 3.57. The Morgan fingerprint density at radius 1 is 1.03 bits per heavy atom. The Morgan fingerprint density at radius 3 is 2.28 bits per heavy atom. The smallest absolute Gasteiger partial charge is 0.416 e. The maximum atomic E-state index is 13.4. The van der Waals surface area contributed by atoms with E-state index in [1.54, 1.807) is 0 Å². The number of ether oxygens (including phenoxy) is 1. The van der Waals surface area contributed by atoms with Crippen LogP contribution in [0.1, 0.15) is 11.1 Å². The predicted molar refractivity (Wildman–Crippen MR) is 111 cm³/mol. The number of nitrogens with zero attached hydrogens (tertiary/aromatic N) is 2. The Balaban J connectivity index is 1.99. The Hall–Kier alpha value is -2.28. The third kappa shape index (κ3) is 3.96. The molecule has 0 radical (unpaired) electrons. The van der Waals surface area contributed by atoms with Crippen molar-refractivity contribution in [3.8, 4) is 5.75 Å². The summed E-state index contributed by atoms with van der Waals surface area (Å²) in [7, 11) is -1.78. The van der Waals surface area contributed by atoms with Gasteiger partial charge in [0.25, 0.3) is 19.1 Å². The summed E-state index contributed by atoms with van der Waals surface area (Å²) in [6, 6.07) is 6.82. The third-order valence-electron chi connectivity index (χ3n) is 5.11. The molecule has 172 valence electrons. The summed E-state index contributed by atoms with van der Waals surface area (Å²) >= 11 is 0. The van der Waals surface area contributed by atoms with Crippen LogP contribution in [0.4, 0.5) is 13.2 Å². The molecule has 0 atom stereocenters. The summed E-state index contributed by atoms with van der Waals surface area (Å²) in [4.78, 5) is 1.40. The van der Waals surface area contributed by atoms with Crippen molar-refractivity contribution in [3.63, 3.8) is 0 Å². The number of aromatic nitrogens is 1. The molecule has 0 saturated heterocycles. The molecule has 1 aromatic heterocycles. The van der Waals surface area contributed by atoms with Crippen molar-refractivity contribution in [3.05, 3.63) is 53.6 Å². The molecule has 2 aromatic carbocycles. The molecule has 0 spiro atoms. The van der Waals surface area contributed by atoms with Gasteiger partial charge in [-0.25, -0.2) is 20.8 Å². The lowest BCUT2D eigenvalue weighted by atomic mass is 10.1. The fraction of sp³-hybridized carbons (Fsp3) is 0.263. The first-order valence-electron chi connectivity index (χ1n) is 9.16. The molecule has 2 heterocycles. The maximum absolute atomic E-state index is 13.4. The summed E-state index contributed by atoms with van der Waals surface area (Å²) in [5.74, 6) is 0.476. The average molecular weight is 509 g/mol. The Labute approximate surface area is 186 Å². The van der Waals surface area contributed by atoms with Crippen LogP contribution in [0, 0.1) is 0 Å². The lowest BCUT2D eigenvalue weighted by molar-refractivity contribution is -0.137. The van der Waals surface area contributed by atoms with Gasteiger partial charge in [-0.05, 0) is 49.5 Å². The molecule has 1 aliphatic heterocycles. The number of hydrogen-bond acceptors (Lipinski definition) is 6. The normalized spacial score (nSPS) is 15.9. The highest BCUT2D eigenvalue weighted by Gasteiger charge is 2.33. The third-order valence-corrected chi connectivity index (χ3v) is 8.24. The molecule has 0 saturated carbocycles. The molecule has 0 N–H and O–H groups in total. The zero-order valence-corrected chi connectivity index (χ0v) is 18.8. The van der Waals surface area contributed by atoms with Crippen LogP contribution in [0.15, 0.2) is 52.4 Å². The van der Waals surface area contributed by atoms with Gasteiger partial charge in [-0.15, -0.1) is 0 Å². The van der Waals surface area contributed by atoms with Gasteiger partial charge < -0.3 is 4.74 Å². The van der Waals surface area contributed by atoms with Crippen LogP contribution < -0.4 is 4.74 Å². The quantitative estimate of drug-likeness (QED) is 0.502. The fourth-order valence-corrected chi connectivity index (χ4v) is 6.57. The summed E-state index contributed by atoms with van der Waals surface area (Å²) in [5.41, 5.74) is -0.447. The summed E-state index contributed by atoms with van der Waals surface area (Å²) in [6.07, 6.45) is -4.66. The van der Waals surface area contributed by atoms with Gasteiger partial charge in [0.15, 0.2) is 5.03 Å². The zero-order chi connectivity index (χ0) is 23.5. The molecule has 0 amide bonds. The van der Waals surface area contributed by atoms with Gasteiger partial charge in [0.1, 0.15) is 12.4 Å². The van der Waals surface area contributed by atoms with Crippen molar-refractivity contribution < 1.29 is 34.7 Å². The maximum Gasteiger partial charge on any atom is 0.416 e. The Kier molecular flexibility index (Phi) is 5.47. The van der Waals surface area contributed by atoms with Crippen LogP contribution in [0.5, 0.6) is 5.75 Å². The van der Waals surface area contributed by atoms with Crippen molar-refractivity contribution in [2.24, 2.45) is 0 Å². The highest BCUT2D eigenvalue weighted by atomic mass is 35.7. The molecule has 0 unspecified atom stereocenters. The molecule has 3 aromatic rings. The lowest BCUT2D eigenvalue weighted by Gasteiger charge is -2.14. The Bertz CT molecular complexity index is 1420. The first-order chi connectivity index (χ1) is 14.8. The van der Waals surface area contributed by atoms with Crippen molar-refractivity contribution in [1.82, 2.24) is 8.87 Å². The minimum atomic E-state index is -4.66. The van der Waals surface area contributed by atoms with Gasteiger partial charge in [-0.2, -0.15) is 13.2 Å². The van der Waals surface area contributed by atoms with Crippen LogP contribution in [-0.4, -0.2) is 45.9 Å². The van der Waals surface area contributed by atoms with E-state index in [9.17, 15) is 30.0 Å². The van der Waals surface area contributed by atoms with E-state index in [2.05, 4.69) is 0 Å². The summed E-state index contributed by atoms with van der Waals surface area (Å²) in [5, 5.41) is -0.416. The molecule has 4 rings (SSSR count). The molecule has 0 bridgehead atoms. The first-order valence-corrected chi connectivity index (χ1v) is 12.9. The van der Waals surface area contributed by atoms with Crippen molar-refractivity contribution in [2.45, 2.75) is 22.6 Å². The number of benzene rings is 2. The number of halogens is 4. The molecule has 7 nitrogen and oxygen atoms in total. The van der Waals surface area contributed by atoms with E-state index in [0.717, 1.165) is 18.2 Å². The number of alkyl halides is 3. The van der Waals surface area contributed by atoms with Crippen LogP contribution >= 0.6 is 10.7 Å². The number of fused-ring (bicyclic) bond motifs is 3. The molecule has 32 heavy (non-hydrogen) atoms. The van der Waals surface area contributed by atoms with Crippen LogP contribution in [-0.2, 0) is 31.8 Å². The summed E-state index contributed by atoms with van der Waals surface area (Å²) < 4.78 is 96.1. The topological polar surface area (TPSA) is 85.7 Å². The highest BCUT2D eigenvalue weighted by Crippen LogP contribution is 2.37. The average Bonchev–Trinajstić information content (AvgIpc) is 3.00. The van der Waals surface area contributed by atoms with Crippen molar-refractivity contribution in [2.75, 3.05) is 20.2 Å². The van der Waals surface area contributed by atoms with Gasteiger partial charge in [0.05, 0.1) is 16.0 Å². The van der Waals surface area contributed by atoms with Crippen LogP contribution in [0.25, 0.3) is 10.9 Å². The minimum Gasteiger partial charge on any atom is -0.492 e. The second kappa shape index (κ2) is 7.65. The molecule has 0 fully saturated rings. The molecular weight excluding hydrogens is 493 g/mol. The van der Waals surface area contributed by atoms with Gasteiger partial charge >= 0.3 is 6.18 Å². The van der Waals surface area contributed by atoms with E-state index in [-0.39, 0.29) is 5.52 Å². The van der Waals surface area contributed by atoms with Crippen LogP contribution in [0.3, 0.4) is 0 Å². The number of likely N-dealkylation sites (N-methyl/N-ethyl adjacent to an activating group) is 1. The predicted octanol–water partition coefficient (Wildman–Crippen LogP) is 3.65.